The van der Waals surface area contributed by atoms with Crippen molar-refractivity contribution in [2.24, 2.45) is 0 Å². The maximum Gasteiger partial charge on any atom is 0.253 e. The van der Waals surface area contributed by atoms with Crippen LogP contribution in [0.5, 0.6) is 0 Å². The average Bonchev–Trinajstić information content (AvgIpc) is 2.83. The van der Waals surface area contributed by atoms with E-state index in [1.807, 2.05) is 0 Å². The number of imide groups is 1. The van der Waals surface area contributed by atoms with Crippen molar-refractivity contribution in [3.63, 3.8) is 0 Å². The Bertz CT molecular complexity index is 345. The highest BCUT2D eigenvalue weighted by Crippen LogP contribution is 2.02. The van der Waals surface area contributed by atoms with Crippen molar-refractivity contribution in [1.82, 2.24) is 4.90 Å². The molecule has 1 aliphatic heterocycles. The Morgan fingerprint density at radius 1 is 0.727 bits per heavy atom. The predicted molar refractivity (Wildman–Crippen MR) is 88.0 cm³/mol. The fraction of sp³-hybridized carbons (Fsp3) is 0.714. The second kappa shape index (κ2) is 12.9. The molecule has 1 heterocycles. The Balaban J connectivity index is 1.79. The average molecular weight is 427 g/mol. The predicted octanol–water partition coefficient (Wildman–Crippen LogP) is 0.413. The van der Waals surface area contributed by atoms with E-state index in [2.05, 4.69) is 22.6 Å². The lowest BCUT2D eigenvalue weighted by atomic mass is 10.5. The molecule has 0 aromatic carbocycles. The summed E-state index contributed by atoms with van der Waals surface area (Å²) >= 11 is 2.26. The summed E-state index contributed by atoms with van der Waals surface area (Å²) in [6.45, 7) is 4.41. The Hall–Kier alpha value is -0.550. The van der Waals surface area contributed by atoms with Gasteiger partial charge in [0.2, 0.25) is 0 Å². The van der Waals surface area contributed by atoms with E-state index in [0.717, 1.165) is 15.9 Å². The fourth-order valence-corrected chi connectivity index (χ4v) is 1.94. The molecule has 0 saturated carbocycles. The van der Waals surface area contributed by atoms with Crippen LogP contribution in [0.3, 0.4) is 0 Å². The first-order valence-corrected chi connectivity index (χ1v) is 8.68. The minimum absolute atomic E-state index is 0.269. The maximum absolute atomic E-state index is 11.2. The highest BCUT2D eigenvalue weighted by molar-refractivity contribution is 14.1. The Labute approximate surface area is 144 Å². The molecule has 0 saturated heterocycles. The summed E-state index contributed by atoms with van der Waals surface area (Å²) in [4.78, 5) is 23.6. The van der Waals surface area contributed by atoms with E-state index in [4.69, 9.17) is 18.9 Å². The van der Waals surface area contributed by atoms with Crippen LogP contribution in [-0.2, 0) is 28.5 Å². The molecule has 1 aliphatic rings. The van der Waals surface area contributed by atoms with Gasteiger partial charge in [-0.25, -0.2) is 0 Å². The molecule has 0 N–H and O–H groups in total. The van der Waals surface area contributed by atoms with E-state index < -0.39 is 0 Å². The van der Waals surface area contributed by atoms with E-state index in [-0.39, 0.29) is 18.4 Å². The molecule has 0 aliphatic carbocycles. The summed E-state index contributed by atoms with van der Waals surface area (Å²) in [7, 11) is 0. The Kier molecular flexibility index (Phi) is 11.5. The summed E-state index contributed by atoms with van der Waals surface area (Å²) in [6, 6.07) is 0. The Morgan fingerprint density at radius 3 is 1.59 bits per heavy atom. The van der Waals surface area contributed by atoms with Crippen LogP contribution in [0.1, 0.15) is 0 Å². The van der Waals surface area contributed by atoms with Crippen molar-refractivity contribution in [3.8, 4) is 0 Å². The number of hydrogen-bond acceptors (Lipinski definition) is 6. The van der Waals surface area contributed by atoms with Gasteiger partial charge < -0.3 is 18.9 Å². The molecule has 0 spiro atoms. The van der Waals surface area contributed by atoms with Crippen LogP contribution in [0.4, 0.5) is 0 Å². The number of alkyl halides is 1. The van der Waals surface area contributed by atoms with Gasteiger partial charge in [-0.1, -0.05) is 22.6 Å². The molecular formula is C14H22INO6. The van der Waals surface area contributed by atoms with Gasteiger partial charge in [0.25, 0.3) is 11.8 Å². The minimum Gasteiger partial charge on any atom is -0.378 e. The summed E-state index contributed by atoms with van der Waals surface area (Å²) in [5, 5.41) is 0. The molecule has 8 heteroatoms. The SMILES string of the molecule is O=C1C=CC(=O)N1CCOCCOCCOCCOCCI. The van der Waals surface area contributed by atoms with Gasteiger partial charge in [-0.15, -0.1) is 0 Å². The molecule has 126 valence electrons. The molecule has 0 bridgehead atoms. The third-order valence-electron chi connectivity index (χ3n) is 2.70. The van der Waals surface area contributed by atoms with E-state index in [0.29, 0.717) is 46.2 Å². The standard InChI is InChI=1S/C14H22INO6/c15-3-5-19-7-9-21-11-12-22-10-8-20-6-4-16-13(17)1-2-14(16)18/h1-2H,3-12H2. The van der Waals surface area contributed by atoms with Gasteiger partial charge in [0.05, 0.1) is 59.4 Å². The van der Waals surface area contributed by atoms with Gasteiger partial charge in [-0.3, -0.25) is 14.5 Å². The second-order valence-corrected chi connectivity index (χ2v) is 5.38. The number of halogens is 1. The van der Waals surface area contributed by atoms with Crippen LogP contribution in [0.15, 0.2) is 12.2 Å². The molecule has 0 radical (unpaired) electrons. The topological polar surface area (TPSA) is 74.3 Å². The summed E-state index contributed by atoms with van der Waals surface area (Å²) in [5.74, 6) is -0.575. The number of ether oxygens (including phenoxy) is 4. The maximum atomic E-state index is 11.2. The monoisotopic (exact) mass is 427 g/mol. The van der Waals surface area contributed by atoms with Crippen molar-refractivity contribution in [3.05, 3.63) is 12.2 Å². The van der Waals surface area contributed by atoms with Crippen molar-refractivity contribution < 1.29 is 28.5 Å². The lowest BCUT2D eigenvalue weighted by molar-refractivity contribution is -0.137. The molecular weight excluding hydrogens is 405 g/mol. The van der Waals surface area contributed by atoms with Crippen LogP contribution < -0.4 is 0 Å². The molecule has 0 atom stereocenters. The van der Waals surface area contributed by atoms with E-state index in [1.54, 1.807) is 0 Å². The van der Waals surface area contributed by atoms with E-state index in [1.165, 1.54) is 12.2 Å². The molecule has 22 heavy (non-hydrogen) atoms. The van der Waals surface area contributed by atoms with Crippen LogP contribution in [0.2, 0.25) is 0 Å². The zero-order valence-electron chi connectivity index (χ0n) is 12.5. The first-order valence-electron chi connectivity index (χ1n) is 7.16. The Morgan fingerprint density at radius 2 is 1.14 bits per heavy atom. The smallest absolute Gasteiger partial charge is 0.253 e. The molecule has 0 aromatic rings. The van der Waals surface area contributed by atoms with Gasteiger partial charge in [-0.05, 0) is 0 Å². The van der Waals surface area contributed by atoms with E-state index >= 15 is 0 Å². The van der Waals surface area contributed by atoms with Crippen LogP contribution >= 0.6 is 22.6 Å². The number of hydrogen-bond donors (Lipinski definition) is 0. The quantitative estimate of drug-likeness (QED) is 0.173. The molecule has 7 nitrogen and oxygen atoms in total. The fourth-order valence-electron chi connectivity index (χ4n) is 1.62. The molecule has 1 rings (SSSR count). The lowest BCUT2D eigenvalue weighted by Gasteiger charge is -2.13. The van der Waals surface area contributed by atoms with Gasteiger partial charge in [0, 0.05) is 16.6 Å². The van der Waals surface area contributed by atoms with Crippen molar-refractivity contribution >= 4 is 34.4 Å². The highest BCUT2D eigenvalue weighted by Gasteiger charge is 2.22. The molecule has 0 unspecified atom stereocenters. The van der Waals surface area contributed by atoms with Gasteiger partial charge in [0.15, 0.2) is 0 Å². The third kappa shape index (κ3) is 8.79. The van der Waals surface area contributed by atoms with Gasteiger partial charge in [-0.2, -0.15) is 0 Å². The van der Waals surface area contributed by atoms with Gasteiger partial charge >= 0.3 is 0 Å². The highest BCUT2D eigenvalue weighted by atomic mass is 127. The van der Waals surface area contributed by atoms with Crippen molar-refractivity contribution in [2.75, 3.05) is 63.8 Å². The van der Waals surface area contributed by atoms with Gasteiger partial charge in [0.1, 0.15) is 0 Å². The molecule has 0 fully saturated rings. The zero-order valence-corrected chi connectivity index (χ0v) is 14.7. The number of amides is 2. The normalized spacial score (nSPS) is 14.3. The van der Waals surface area contributed by atoms with E-state index in [9.17, 15) is 9.59 Å². The zero-order chi connectivity index (χ0) is 16.0. The van der Waals surface area contributed by atoms with Crippen molar-refractivity contribution in [1.29, 1.82) is 0 Å². The third-order valence-corrected chi connectivity index (χ3v) is 3.14. The number of carbonyl (C=O) groups is 2. The second-order valence-electron chi connectivity index (χ2n) is 4.30. The first-order chi connectivity index (χ1) is 10.8. The summed E-state index contributed by atoms with van der Waals surface area (Å²) in [6.07, 6.45) is 2.52. The first kappa shape index (κ1) is 19.5. The largest absolute Gasteiger partial charge is 0.378 e. The summed E-state index contributed by atoms with van der Waals surface area (Å²) in [5.41, 5.74) is 0. The lowest BCUT2D eigenvalue weighted by Crippen LogP contribution is -2.33. The number of rotatable bonds is 14. The molecule has 2 amide bonds. The number of nitrogens with zero attached hydrogens (tertiary/aromatic N) is 1. The van der Waals surface area contributed by atoms with Crippen LogP contribution in [-0.4, -0.2) is 80.5 Å². The molecule has 0 aromatic heterocycles. The van der Waals surface area contributed by atoms with Crippen molar-refractivity contribution in [2.45, 2.75) is 0 Å². The summed E-state index contributed by atoms with van der Waals surface area (Å²) < 4.78 is 22.2. The van der Waals surface area contributed by atoms with Crippen LogP contribution in [0.25, 0.3) is 0 Å². The number of carbonyl (C=O) groups excluding carboxylic acids is 2. The minimum atomic E-state index is -0.288. The van der Waals surface area contributed by atoms with Crippen LogP contribution in [0, 0.1) is 0 Å².